The van der Waals surface area contributed by atoms with Crippen molar-refractivity contribution in [2.75, 3.05) is 26.2 Å². The molecule has 0 unspecified atom stereocenters. The maximum atomic E-state index is 14.6. The fraction of sp³-hybridized carbons (Fsp3) is 0.625. The molecule has 1 aromatic rings. The molecule has 0 aromatic heterocycles. The third-order valence-electron chi connectivity index (χ3n) is 4.77. The molecule has 5 heteroatoms. The van der Waals surface area contributed by atoms with Crippen LogP contribution >= 0.6 is 15.9 Å². The standard InChI is InChI=1S/C16H21BrF2N2/c17-12-5-6-13(18)14(15(12)19)16(11-3-1-2-4-11)21-9-7-20-8-10-21/h5-6,11,16,20H,1-4,7-10H2/t16-/m1/s1. The zero-order chi connectivity index (χ0) is 14.8. The summed E-state index contributed by atoms with van der Waals surface area (Å²) in [5.74, 6) is -0.474. The van der Waals surface area contributed by atoms with E-state index in [1.807, 2.05) is 0 Å². The molecule has 21 heavy (non-hydrogen) atoms. The summed E-state index contributed by atoms with van der Waals surface area (Å²) in [6, 6.07) is 2.71. The van der Waals surface area contributed by atoms with Crippen LogP contribution in [0.3, 0.4) is 0 Å². The Labute approximate surface area is 133 Å². The molecule has 3 rings (SSSR count). The molecule has 0 spiro atoms. The normalized spacial score (nSPS) is 22.6. The number of halogens is 3. The summed E-state index contributed by atoms with van der Waals surface area (Å²) in [6.45, 7) is 3.49. The Morgan fingerprint density at radius 1 is 1.14 bits per heavy atom. The lowest BCUT2D eigenvalue weighted by Crippen LogP contribution is -2.47. The topological polar surface area (TPSA) is 15.3 Å². The highest BCUT2D eigenvalue weighted by molar-refractivity contribution is 9.10. The quantitative estimate of drug-likeness (QED) is 0.825. The van der Waals surface area contributed by atoms with Gasteiger partial charge in [-0.3, -0.25) is 4.90 Å². The SMILES string of the molecule is Fc1ccc(Br)c(F)c1[C@@H](C1CCCC1)N1CCNCC1. The lowest BCUT2D eigenvalue weighted by atomic mass is 9.89. The highest BCUT2D eigenvalue weighted by atomic mass is 79.9. The number of piperazine rings is 1. The van der Waals surface area contributed by atoms with Crippen LogP contribution < -0.4 is 5.32 Å². The van der Waals surface area contributed by atoms with Gasteiger partial charge in [-0.15, -0.1) is 0 Å². The van der Waals surface area contributed by atoms with Gasteiger partial charge in [0.05, 0.1) is 4.47 Å². The van der Waals surface area contributed by atoms with E-state index in [1.54, 1.807) is 0 Å². The van der Waals surface area contributed by atoms with Crippen molar-refractivity contribution in [3.05, 3.63) is 33.8 Å². The highest BCUT2D eigenvalue weighted by Crippen LogP contribution is 2.42. The van der Waals surface area contributed by atoms with E-state index in [9.17, 15) is 8.78 Å². The predicted octanol–water partition coefficient (Wildman–Crippen LogP) is 3.86. The molecule has 1 saturated heterocycles. The van der Waals surface area contributed by atoms with Crippen molar-refractivity contribution in [2.24, 2.45) is 5.92 Å². The first-order chi connectivity index (χ1) is 10.2. The van der Waals surface area contributed by atoms with Gasteiger partial charge in [0.15, 0.2) is 0 Å². The maximum absolute atomic E-state index is 14.6. The smallest absolute Gasteiger partial charge is 0.145 e. The Bertz CT molecular complexity index is 497. The van der Waals surface area contributed by atoms with Gasteiger partial charge in [0.25, 0.3) is 0 Å². The van der Waals surface area contributed by atoms with Crippen LogP contribution in [0.1, 0.15) is 37.3 Å². The molecule has 1 saturated carbocycles. The van der Waals surface area contributed by atoms with Crippen molar-refractivity contribution in [3.8, 4) is 0 Å². The number of nitrogens with zero attached hydrogens (tertiary/aromatic N) is 1. The van der Waals surface area contributed by atoms with Crippen LogP contribution in [0.25, 0.3) is 0 Å². The number of benzene rings is 1. The van der Waals surface area contributed by atoms with Gasteiger partial charge in [-0.2, -0.15) is 0 Å². The minimum Gasteiger partial charge on any atom is -0.314 e. The van der Waals surface area contributed by atoms with Crippen LogP contribution in [-0.4, -0.2) is 31.1 Å². The maximum Gasteiger partial charge on any atom is 0.145 e. The summed E-state index contributed by atoms with van der Waals surface area (Å²) < 4.78 is 29.3. The Morgan fingerprint density at radius 2 is 1.81 bits per heavy atom. The molecule has 0 radical (unpaired) electrons. The fourth-order valence-corrected chi connectivity index (χ4v) is 4.11. The van der Waals surface area contributed by atoms with E-state index in [-0.39, 0.29) is 11.6 Å². The summed E-state index contributed by atoms with van der Waals surface area (Å²) in [6.07, 6.45) is 4.48. The largest absolute Gasteiger partial charge is 0.314 e. The van der Waals surface area contributed by atoms with Crippen LogP contribution in [0, 0.1) is 17.6 Å². The molecule has 1 N–H and O–H groups in total. The number of hydrogen-bond donors (Lipinski definition) is 1. The van der Waals surface area contributed by atoms with E-state index in [0.29, 0.717) is 10.4 Å². The van der Waals surface area contributed by atoms with E-state index in [1.165, 1.54) is 25.0 Å². The zero-order valence-corrected chi connectivity index (χ0v) is 13.6. The summed E-state index contributed by atoms with van der Waals surface area (Å²) >= 11 is 3.21. The van der Waals surface area contributed by atoms with Gasteiger partial charge in [0.2, 0.25) is 0 Å². The van der Waals surface area contributed by atoms with E-state index < -0.39 is 11.6 Å². The second-order valence-corrected chi connectivity index (χ2v) is 6.89. The predicted molar refractivity (Wildman–Crippen MR) is 83.2 cm³/mol. The molecule has 2 aliphatic rings. The van der Waals surface area contributed by atoms with Crippen LogP contribution in [0.2, 0.25) is 0 Å². The van der Waals surface area contributed by atoms with Gasteiger partial charge < -0.3 is 5.32 Å². The fourth-order valence-electron chi connectivity index (χ4n) is 3.76. The third kappa shape index (κ3) is 3.15. The van der Waals surface area contributed by atoms with E-state index in [2.05, 4.69) is 26.1 Å². The molecular formula is C16H21BrF2N2. The van der Waals surface area contributed by atoms with Crippen LogP contribution in [0.5, 0.6) is 0 Å². The Balaban J connectivity index is 1.99. The second kappa shape index (κ2) is 6.71. The van der Waals surface area contributed by atoms with E-state index in [0.717, 1.165) is 39.0 Å². The molecule has 0 amide bonds. The average Bonchev–Trinajstić information content (AvgIpc) is 3.02. The Morgan fingerprint density at radius 3 is 2.48 bits per heavy atom. The van der Waals surface area contributed by atoms with Crippen molar-refractivity contribution in [1.29, 1.82) is 0 Å². The molecule has 1 atom stereocenters. The van der Waals surface area contributed by atoms with Gasteiger partial charge in [-0.25, -0.2) is 8.78 Å². The molecule has 0 bridgehead atoms. The summed E-state index contributed by atoms with van der Waals surface area (Å²) in [7, 11) is 0. The van der Waals surface area contributed by atoms with Crippen LogP contribution in [-0.2, 0) is 0 Å². The van der Waals surface area contributed by atoms with E-state index in [4.69, 9.17) is 0 Å². The Hall–Kier alpha value is -0.520. The molecule has 2 nitrogen and oxygen atoms in total. The van der Waals surface area contributed by atoms with Crippen molar-refractivity contribution < 1.29 is 8.78 Å². The first kappa shape index (κ1) is 15.4. The highest BCUT2D eigenvalue weighted by Gasteiger charge is 2.35. The molecule has 1 aromatic carbocycles. The summed E-state index contributed by atoms with van der Waals surface area (Å²) in [5, 5.41) is 3.31. The van der Waals surface area contributed by atoms with Crippen molar-refractivity contribution in [2.45, 2.75) is 31.7 Å². The minimum atomic E-state index is -0.426. The zero-order valence-electron chi connectivity index (χ0n) is 12.0. The van der Waals surface area contributed by atoms with Crippen molar-refractivity contribution in [3.63, 3.8) is 0 Å². The van der Waals surface area contributed by atoms with E-state index >= 15 is 0 Å². The Kier molecular flexibility index (Phi) is 4.92. The molecule has 116 valence electrons. The first-order valence-corrected chi connectivity index (χ1v) is 8.56. The lowest BCUT2D eigenvalue weighted by molar-refractivity contribution is 0.119. The molecule has 1 aliphatic carbocycles. The number of hydrogen-bond acceptors (Lipinski definition) is 2. The molecule has 1 aliphatic heterocycles. The summed E-state index contributed by atoms with van der Waals surface area (Å²) in [4.78, 5) is 2.26. The van der Waals surface area contributed by atoms with Gasteiger partial charge in [-0.05, 0) is 46.8 Å². The molecular weight excluding hydrogens is 338 g/mol. The first-order valence-electron chi connectivity index (χ1n) is 7.76. The van der Waals surface area contributed by atoms with Gasteiger partial charge in [0.1, 0.15) is 11.6 Å². The lowest BCUT2D eigenvalue weighted by Gasteiger charge is -2.39. The van der Waals surface area contributed by atoms with Gasteiger partial charge >= 0.3 is 0 Å². The van der Waals surface area contributed by atoms with Gasteiger partial charge in [-0.1, -0.05) is 12.8 Å². The van der Waals surface area contributed by atoms with Crippen molar-refractivity contribution in [1.82, 2.24) is 10.2 Å². The minimum absolute atomic E-state index is 0.132. The van der Waals surface area contributed by atoms with Crippen LogP contribution in [0.15, 0.2) is 16.6 Å². The summed E-state index contributed by atoms with van der Waals surface area (Å²) in [5.41, 5.74) is 0.262. The number of nitrogens with one attached hydrogen (secondary N) is 1. The van der Waals surface area contributed by atoms with Crippen LogP contribution in [0.4, 0.5) is 8.78 Å². The number of rotatable bonds is 3. The second-order valence-electron chi connectivity index (χ2n) is 6.03. The third-order valence-corrected chi connectivity index (χ3v) is 5.38. The average molecular weight is 359 g/mol. The monoisotopic (exact) mass is 358 g/mol. The van der Waals surface area contributed by atoms with Crippen molar-refractivity contribution >= 4 is 15.9 Å². The molecule has 1 heterocycles. The molecule has 2 fully saturated rings. The van der Waals surface area contributed by atoms with Gasteiger partial charge in [0, 0.05) is 37.8 Å².